The normalized spacial score (nSPS) is 13.6. The van der Waals surface area contributed by atoms with Gasteiger partial charge in [-0.2, -0.15) is 5.10 Å². The quantitative estimate of drug-likeness (QED) is 0.903. The maximum atomic E-state index is 12.0. The lowest BCUT2D eigenvalue weighted by molar-refractivity contribution is 0.102. The molecular formula is C15H12N4O3. The molecular weight excluding hydrogens is 284 g/mol. The highest BCUT2D eigenvalue weighted by molar-refractivity contribution is 6.05. The smallest absolute Gasteiger partial charge is 0.428 e. The number of nitrogens with one attached hydrogen (secondary N) is 2. The topological polar surface area (TPSA) is 92.7 Å². The summed E-state index contributed by atoms with van der Waals surface area (Å²) in [7, 11) is 0. The van der Waals surface area contributed by atoms with Gasteiger partial charge in [-0.1, -0.05) is 18.2 Å². The van der Waals surface area contributed by atoms with Gasteiger partial charge in [-0.05, 0) is 24.3 Å². The van der Waals surface area contributed by atoms with Crippen molar-refractivity contribution in [2.45, 2.75) is 0 Å². The fraction of sp³-hybridized carbons (Fsp3) is 0.0667. The van der Waals surface area contributed by atoms with Crippen LogP contribution >= 0.6 is 0 Å². The Morgan fingerprint density at radius 3 is 2.64 bits per heavy atom. The van der Waals surface area contributed by atoms with Crippen LogP contribution in [-0.2, 0) is 4.74 Å². The van der Waals surface area contributed by atoms with Crippen LogP contribution in [0.2, 0.25) is 0 Å². The summed E-state index contributed by atoms with van der Waals surface area (Å²) in [5.74, 6) is -0.279. The molecule has 3 rings (SSSR count). The molecule has 110 valence electrons. The van der Waals surface area contributed by atoms with Gasteiger partial charge >= 0.3 is 6.09 Å². The summed E-state index contributed by atoms with van der Waals surface area (Å²) in [6.07, 6.45) is 0.996. The maximum absolute atomic E-state index is 12.0. The number of carbonyl (C=O) groups excluding carboxylic acids is 2. The van der Waals surface area contributed by atoms with Gasteiger partial charge in [0.25, 0.3) is 5.91 Å². The number of carbonyl (C=O) groups is 2. The number of nitrogens with zero attached hydrogens (tertiary/aromatic N) is 2. The van der Waals surface area contributed by atoms with E-state index < -0.39 is 6.09 Å². The molecule has 0 radical (unpaired) electrons. The molecule has 0 spiro atoms. The van der Waals surface area contributed by atoms with E-state index in [1.54, 1.807) is 48.7 Å². The number of ether oxygens (including phenoxy) is 1. The fourth-order valence-corrected chi connectivity index (χ4v) is 1.90. The van der Waals surface area contributed by atoms with Crippen LogP contribution < -0.4 is 10.7 Å². The van der Waals surface area contributed by atoms with Crippen molar-refractivity contribution in [3.63, 3.8) is 0 Å². The van der Waals surface area contributed by atoms with E-state index in [2.05, 4.69) is 20.8 Å². The number of aromatic nitrogens is 1. The van der Waals surface area contributed by atoms with Crippen molar-refractivity contribution in [3.05, 3.63) is 59.9 Å². The Hall–Kier alpha value is -3.22. The van der Waals surface area contributed by atoms with Crippen molar-refractivity contribution in [1.82, 2.24) is 10.4 Å². The summed E-state index contributed by atoms with van der Waals surface area (Å²) in [6.45, 7) is 0.117. The van der Waals surface area contributed by atoms with E-state index in [-0.39, 0.29) is 12.5 Å². The number of hydrazone groups is 1. The van der Waals surface area contributed by atoms with Gasteiger partial charge in [-0.15, -0.1) is 0 Å². The molecule has 0 saturated heterocycles. The Bertz CT molecular complexity index is 726. The third kappa shape index (κ3) is 3.09. The van der Waals surface area contributed by atoms with E-state index in [1.165, 1.54) is 0 Å². The Kier molecular flexibility index (Phi) is 3.78. The number of hydrogen-bond donors (Lipinski definition) is 2. The molecule has 1 aliphatic rings. The molecule has 2 amide bonds. The second kappa shape index (κ2) is 6.04. The second-order valence-corrected chi connectivity index (χ2v) is 4.49. The number of hydrogen-bond acceptors (Lipinski definition) is 5. The lowest BCUT2D eigenvalue weighted by Crippen LogP contribution is -2.30. The maximum Gasteiger partial charge on any atom is 0.428 e. The summed E-state index contributed by atoms with van der Waals surface area (Å²) >= 11 is 0. The zero-order valence-electron chi connectivity index (χ0n) is 11.4. The first kappa shape index (κ1) is 13.7. The lowest BCUT2D eigenvalue weighted by Gasteiger charge is -2.13. The van der Waals surface area contributed by atoms with Crippen molar-refractivity contribution in [2.24, 2.45) is 5.10 Å². The van der Waals surface area contributed by atoms with Crippen molar-refractivity contribution in [3.8, 4) is 0 Å². The molecule has 2 N–H and O–H groups in total. The van der Waals surface area contributed by atoms with Crippen LogP contribution in [-0.4, -0.2) is 29.3 Å². The Balaban J connectivity index is 1.70. The summed E-state index contributed by atoms with van der Waals surface area (Å²) in [6, 6.07) is 12.2. The van der Waals surface area contributed by atoms with Crippen LogP contribution in [0.5, 0.6) is 0 Å². The Labute approximate surface area is 126 Å². The highest BCUT2D eigenvalue weighted by Gasteiger charge is 2.14. The SMILES string of the molecule is O=C1NN=C(c2ccc(NC(=O)c3ccccn3)cc2)CO1. The van der Waals surface area contributed by atoms with Crippen molar-refractivity contribution in [2.75, 3.05) is 11.9 Å². The molecule has 2 aromatic rings. The number of amides is 2. The van der Waals surface area contributed by atoms with Gasteiger partial charge in [0.05, 0.1) is 0 Å². The van der Waals surface area contributed by atoms with E-state index >= 15 is 0 Å². The largest absolute Gasteiger partial charge is 0.442 e. The first-order valence-corrected chi connectivity index (χ1v) is 6.54. The number of rotatable bonds is 3. The average molecular weight is 296 g/mol. The zero-order valence-corrected chi connectivity index (χ0v) is 11.4. The minimum absolute atomic E-state index is 0.117. The third-order valence-electron chi connectivity index (χ3n) is 3.00. The summed E-state index contributed by atoms with van der Waals surface area (Å²) in [5.41, 5.74) is 4.65. The van der Waals surface area contributed by atoms with Gasteiger partial charge in [-0.3, -0.25) is 9.78 Å². The molecule has 7 heteroatoms. The van der Waals surface area contributed by atoms with Gasteiger partial charge in [0.15, 0.2) is 0 Å². The van der Waals surface area contributed by atoms with E-state index in [0.717, 1.165) is 5.56 Å². The molecule has 2 heterocycles. The number of benzene rings is 1. The molecule has 0 saturated carbocycles. The minimum Gasteiger partial charge on any atom is -0.442 e. The van der Waals surface area contributed by atoms with Crippen LogP contribution in [0.15, 0.2) is 53.8 Å². The fourth-order valence-electron chi connectivity index (χ4n) is 1.90. The molecule has 22 heavy (non-hydrogen) atoms. The molecule has 0 fully saturated rings. The summed E-state index contributed by atoms with van der Waals surface area (Å²) < 4.78 is 4.84. The lowest BCUT2D eigenvalue weighted by atomic mass is 10.1. The molecule has 1 aromatic heterocycles. The van der Waals surface area contributed by atoms with Crippen LogP contribution in [0.3, 0.4) is 0 Å². The first-order valence-electron chi connectivity index (χ1n) is 6.54. The first-order chi connectivity index (χ1) is 10.7. The van der Waals surface area contributed by atoms with Crippen LogP contribution in [0.1, 0.15) is 16.1 Å². The van der Waals surface area contributed by atoms with E-state index in [1.807, 2.05) is 0 Å². The minimum atomic E-state index is -0.567. The van der Waals surface area contributed by atoms with Gasteiger partial charge in [0, 0.05) is 17.4 Å². The molecule has 0 unspecified atom stereocenters. The van der Waals surface area contributed by atoms with Crippen LogP contribution in [0.4, 0.5) is 10.5 Å². The van der Waals surface area contributed by atoms with E-state index in [0.29, 0.717) is 17.1 Å². The summed E-state index contributed by atoms with van der Waals surface area (Å²) in [5, 5.41) is 6.67. The molecule has 7 nitrogen and oxygen atoms in total. The van der Waals surface area contributed by atoms with Crippen LogP contribution in [0.25, 0.3) is 0 Å². The summed E-state index contributed by atoms with van der Waals surface area (Å²) in [4.78, 5) is 26.8. The Morgan fingerprint density at radius 1 is 1.18 bits per heavy atom. The molecule has 0 aliphatic carbocycles. The number of anilines is 1. The molecule has 0 bridgehead atoms. The highest BCUT2D eigenvalue weighted by atomic mass is 16.6. The van der Waals surface area contributed by atoms with Crippen molar-refractivity contribution in [1.29, 1.82) is 0 Å². The van der Waals surface area contributed by atoms with Crippen molar-refractivity contribution < 1.29 is 14.3 Å². The van der Waals surface area contributed by atoms with Gasteiger partial charge < -0.3 is 10.1 Å². The average Bonchev–Trinajstić information content (AvgIpc) is 2.57. The third-order valence-corrected chi connectivity index (χ3v) is 3.00. The van der Waals surface area contributed by atoms with E-state index in [9.17, 15) is 9.59 Å². The predicted octanol–water partition coefficient (Wildman–Crippen LogP) is 1.78. The zero-order chi connectivity index (χ0) is 15.4. The van der Waals surface area contributed by atoms with Crippen LogP contribution in [0, 0.1) is 0 Å². The predicted molar refractivity (Wildman–Crippen MR) is 79.7 cm³/mol. The van der Waals surface area contributed by atoms with Gasteiger partial charge in [0.1, 0.15) is 18.0 Å². The number of pyridine rings is 1. The Morgan fingerprint density at radius 2 is 2.00 bits per heavy atom. The molecule has 1 aliphatic heterocycles. The highest BCUT2D eigenvalue weighted by Crippen LogP contribution is 2.12. The number of cyclic esters (lactones) is 1. The second-order valence-electron chi connectivity index (χ2n) is 4.49. The van der Waals surface area contributed by atoms with Gasteiger partial charge in [-0.25, -0.2) is 10.2 Å². The monoisotopic (exact) mass is 296 g/mol. The van der Waals surface area contributed by atoms with E-state index in [4.69, 9.17) is 4.74 Å². The van der Waals surface area contributed by atoms with Gasteiger partial charge in [0.2, 0.25) is 0 Å². The van der Waals surface area contributed by atoms with Crippen molar-refractivity contribution >= 4 is 23.4 Å². The molecule has 0 atom stereocenters. The molecule has 1 aromatic carbocycles. The standard InChI is InChI=1S/C15H12N4O3/c20-14(12-3-1-2-8-16-12)17-11-6-4-10(5-7-11)13-9-22-15(21)19-18-13/h1-8H,9H2,(H,17,20)(H,19,21).